The van der Waals surface area contributed by atoms with E-state index in [1.165, 1.54) is 6.42 Å². The molecule has 1 aliphatic carbocycles. The van der Waals surface area contributed by atoms with E-state index in [1.54, 1.807) is 4.90 Å². The lowest BCUT2D eigenvalue weighted by molar-refractivity contribution is -0.141. The molecule has 1 N–H and O–H groups in total. The van der Waals surface area contributed by atoms with Crippen LogP contribution in [0.2, 0.25) is 0 Å². The molecule has 178 valence electrons. The molecule has 0 bridgehead atoms. The highest BCUT2D eigenvalue weighted by Crippen LogP contribution is 2.23. The maximum absolute atomic E-state index is 13.3. The molecule has 1 fully saturated rings. The second kappa shape index (κ2) is 11.9. The molecule has 1 aliphatic rings. The summed E-state index contributed by atoms with van der Waals surface area (Å²) in [6.45, 7) is 8.27. The predicted octanol–water partition coefficient (Wildman–Crippen LogP) is 4.90. The fourth-order valence-electron chi connectivity index (χ4n) is 4.51. The van der Waals surface area contributed by atoms with Gasteiger partial charge < -0.3 is 15.0 Å². The summed E-state index contributed by atoms with van der Waals surface area (Å²) in [4.78, 5) is 28.0. The molecule has 1 unspecified atom stereocenters. The Hall–Kier alpha value is -2.82. The zero-order valence-electron chi connectivity index (χ0n) is 20.5. The smallest absolute Gasteiger partial charge is 0.261 e. The Kier molecular flexibility index (Phi) is 8.93. The zero-order valence-corrected chi connectivity index (χ0v) is 20.5. The summed E-state index contributed by atoms with van der Waals surface area (Å²) in [5.41, 5.74) is 4.41. The minimum absolute atomic E-state index is 0.0779. The van der Waals surface area contributed by atoms with E-state index in [-0.39, 0.29) is 24.5 Å². The highest BCUT2D eigenvalue weighted by molar-refractivity contribution is 5.88. The first-order valence-electron chi connectivity index (χ1n) is 12.2. The van der Waals surface area contributed by atoms with Crippen molar-refractivity contribution in [3.05, 3.63) is 64.7 Å². The van der Waals surface area contributed by atoms with Crippen LogP contribution in [0.1, 0.15) is 61.3 Å². The van der Waals surface area contributed by atoms with Crippen molar-refractivity contribution < 1.29 is 14.3 Å². The minimum Gasteiger partial charge on any atom is -0.483 e. The van der Waals surface area contributed by atoms with E-state index in [0.717, 1.165) is 53.7 Å². The van der Waals surface area contributed by atoms with Crippen molar-refractivity contribution in [2.75, 3.05) is 13.2 Å². The molecule has 0 radical (unpaired) electrons. The molecule has 5 heteroatoms. The number of ether oxygens (including phenoxy) is 1. The summed E-state index contributed by atoms with van der Waals surface area (Å²) in [6, 6.07) is 13.8. The van der Waals surface area contributed by atoms with Gasteiger partial charge >= 0.3 is 0 Å². The molecule has 5 nitrogen and oxygen atoms in total. The Morgan fingerprint density at radius 1 is 1.06 bits per heavy atom. The average Bonchev–Trinajstić information content (AvgIpc) is 2.81. The van der Waals surface area contributed by atoms with E-state index in [0.29, 0.717) is 13.0 Å². The lowest BCUT2D eigenvalue weighted by Gasteiger charge is -2.31. The maximum Gasteiger partial charge on any atom is 0.261 e. The van der Waals surface area contributed by atoms with E-state index >= 15 is 0 Å². The van der Waals surface area contributed by atoms with E-state index < -0.39 is 6.04 Å². The van der Waals surface area contributed by atoms with Crippen LogP contribution in [0.4, 0.5) is 0 Å². The minimum atomic E-state index is -0.549. The second-order valence-corrected chi connectivity index (χ2v) is 9.34. The number of carbonyl (C=O) groups excluding carboxylic acids is 2. The zero-order chi connectivity index (χ0) is 23.8. The highest BCUT2D eigenvalue weighted by Gasteiger charge is 2.28. The molecule has 2 amide bonds. The first-order chi connectivity index (χ1) is 15.8. The van der Waals surface area contributed by atoms with Crippen LogP contribution in [-0.2, 0) is 16.0 Å². The second-order valence-electron chi connectivity index (χ2n) is 9.34. The first kappa shape index (κ1) is 24.8. The van der Waals surface area contributed by atoms with Crippen molar-refractivity contribution in [3.63, 3.8) is 0 Å². The number of aryl methyl sites for hydroxylation is 2. The monoisotopic (exact) mass is 450 g/mol. The fourth-order valence-corrected chi connectivity index (χ4v) is 4.51. The molecule has 0 spiro atoms. The van der Waals surface area contributed by atoms with Gasteiger partial charge in [0.2, 0.25) is 5.91 Å². The number of nitrogens with one attached hydrogen (secondary N) is 1. The number of benzene rings is 2. The lowest BCUT2D eigenvalue weighted by Crippen LogP contribution is -2.52. The van der Waals surface area contributed by atoms with Gasteiger partial charge in [-0.15, -0.1) is 0 Å². The standard InChI is InChI=1S/C28H38N2O3/c1-20-17-21(2)22(3)26(18-20)33-19-27(31)30(16-15-24-11-7-5-8-12-24)23(4)28(32)29-25-13-9-6-10-14-25/h5,7-8,11-12,17-18,23,25H,6,9-10,13-16,19H2,1-4H3,(H,29,32). The van der Waals surface area contributed by atoms with Crippen LogP contribution in [0.25, 0.3) is 0 Å². The Morgan fingerprint density at radius 3 is 2.45 bits per heavy atom. The Bertz CT molecular complexity index is 936. The molecule has 3 rings (SSSR count). The number of rotatable bonds is 9. The normalized spacial score (nSPS) is 15.0. The van der Waals surface area contributed by atoms with Crippen LogP contribution in [0.15, 0.2) is 42.5 Å². The van der Waals surface area contributed by atoms with Gasteiger partial charge in [-0.1, -0.05) is 55.7 Å². The summed E-state index contributed by atoms with van der Waals surface area (Å²) in [5, 5.41) is 3.18. The van der Waals surface area contributed by atoms with Crippen molar-refractivity contribution in [3.8, 4) is 5.75 Å². The van der Waals surface area contributed by atoms with E-state index in [2.05, 4.69) is 11.4 Å². The Balaban J connectivity index is 1.69. The van der Waals surface area contributed by atoms with Crippen molar-refractivity contribution >= 4 is 11.8 Å². The van der Waals surface area contributed by atoms with Gasteiger partial charge in [-0.2, -0.15) is 0 Å². The molecular weight excluding hydrogens is 412 g/mol. The van der Waals surface area contributed by atoms with E-state index in [1.807, 2.05) is 64.1 Å². The molecule has 1 saturated carbocycles. The lowest BCUT2D eigenvalue weighted by atomic mass is 9.95. The molecule has 0 heterocycles. The van der Waals surface area contributed by atoms with Crippen LogP contribution in [-0.4, -0.2) is 41.9 Å². The van der Waals surface area contributed by atoms with Gasteiger partial charge in [0.25, 0.3) is 5.91 Å². The number of hydrogen-bond acceptors (Lipinski definition) is 3. The molecule has 0 aliphatic heterocycles. The van der Waals surface area contributed by atoms with Crippen LogP contribution >= 0.6 is 0 Å². The van der Waals surface area contributed by atoms with Gasteiger partial charge in [0.05, 0.1) is 0 Å². The van der Waals surface area contributed by atoms with Crippen molar-refractivity contribution in [2.45, 2.75) is 78.3 Å². The quantitative estimate of drug-likeness (QED) is 0.591. The molecule has 0 saturated heterocycles. The van der Waals surface area contributed by atoms with Gasteiger partial charge in [0, 0.05) is 12.6 Å². The number of hydrogen-bond donors (Lipinski definition) is 1. The van der Waals surface area contributed by atoms with Crippen LogP contribution in [0, 0.1) is 20.8 Å². The first-order valence-corrected chi connectivity index (χ1v) is 12.2. The van der Waals surface area contributed by atoms with Gasteiger partial charge in [-0.25, -0.2) is 0 Å². The summed E-state index contributed by atoms with van der Waals surface area (Å²) in [6.07, 6.45) is 6.27. The third kappa shape index (κ3) is 7.08. The van der Waals surface area contributed by atoms with Gasteiger partial charge in [0.1, 0.15) is 11.8 Å². The Morgan fingerprint density at radius 2 is 1.76 bits per heavy atom. The van der Waals surface area contributed by atoms with E-state index in [9.17, 15) is 9.59 Å². The fraction of sp³-hybridized carbons (Fsp3) is 0.500. The SMILES string of the molecule is Cc1cc(C)c(C)c(OCC(=O)N(CCc2ccccc2)C(C)C(=O)NC2CCCCC2)c1. The number of nitrogens with zero attached hydrogens (tertiary/aromatic N) is 1. The molecular formula is C28H38N2O3. The predicted molar refractivity (Wildman–Crippen MR) is 132 cm³/mol. The van der Waals surface area contributed by atoms with Gasteiger partial charge in [0.15, 0.2) is 6.61 Å². The third-order valence-electron chi connectivity index (χ3n) is 6.72. The maximum atomic E-state index is 13.3. The van der Waals surface area contributed by atoms with Crippen LogP contribution in [0.5, 0.6) is 5.75 Å². The Labute approximate surface area is 198 Å². The third-order valence-corrected chi connectivity index (χ3v) is 6.72. The summed E-state index contributed by atoms with van der Waals surface area (Å²) >= 11 is 0. The number of amides is 2. The van der Waals surface area contributed by atoms with Crippen molar-refractivity contribution in [1.82, 2.24) is 10.2 Å². The topological polar surface area (TPSA) is 58.6 Å². The number of carbonyl (C=O) groups is 2. The highest BCUT2D eigenvalue weighted by atomic mass is 16.5. The van der Waals surface area contributed by atoms with Crippen LogP contribution in [0.3, 0.4) is 0 Å². The van der Waals surface area contributed by atoms with Crippen molar-refractivity contribution in [2.24, 2.45) is 0 Å². The largest absolute Gasteiger partial charge is 0.483 e. The van der Waals surface area contributed by atoms with Crippen molar-refractivity contribution in [1.29, 1.82) is 0 Å². The van der Waals surface area contributed by atoms with Crippen LogP contribution < -0.4 is 10.1 Å². The molecule has 2 aromatic carbocycles. The summed E-state index contributed by atoms with van der Waals surface area (Å²) in [5.74, 6) is 0.477. The molecule has 2 aromatic rings. The summed E-state index contributed by atoms with van der Waals surface area (Å²) < 4.78 is 5.95. The van der Waals surface area contributed by atoms with Gasteiger partial charge in [-0.05, 0) is 75.3 Å². The van der Waals surface area contributed by atoms with Gasteiger partial charge in [-0.3, -0.25) is 9.59 Å². The average molecular weight is 451 g/mol. The van der Waals surface area contributed by atoms with E-state index in [4.69, 9.17) is 4.74 Å². The molecule has 0 aromatic heterocycles. The molecule has 33 heavy (non-hydrogen) atoms. The molecule has 1 atom stereocenters. The summed E-state index contributed by atoms with van der Waals surface area (Å²) in [7, 11) is 0.